The molecule has 3 aromatic rings. The summed E-state index contributed by atoms with van der Waals surface area (Å²) >= 11 is 0. The normalized spacial score (nSPS) is 12.8. The van der Waals surface area contributed by atoms with Crippen LogP contribution >= 0.6 is 0 Å². The van der Waals surface area contributed by atoms with Crippen molar-refractivity contribution in [3.8, 4) is 5.75 Å². The first-order valence-electron chi connectivity index (χ1n) is 8.92. The Morgan fingerprint density at radius 3 is 2.50 bits per heavy atom. The number of hydrogen-bond donors (Lipinski definition) is 0. The number of ether oxygens (including phenoxy) is 1. The average Bonchev–Trinajstić information content (AvgIpc) is 3.08. The minimum Gasteiger partial charge on any atom is -0.494 e. The molecule has 0 heterocycles. The van der Waals surface area contributed by atoms with Crippen molar-refractivity contribution in [3.05, 3.63) is 107 Å². The molecule has 128 valence electrons. The minimum atomic E-state index is 0.0709. The van der Waals surface area contributed by atoms with E-state index in [0.717, 1.165) is 28.0 Å². The number of fused-ring (bicyclic) bond motifs is 1. The standard InChI is InChI=1S/C24H20O2/c1-2-26-20-13-8-12-19(15-20)24(25)22-16-18-11-6-7-14-21(18)23(22)17-9-4-3-5-10-17/h3-15H,2,16H2,1H3. The second-order valence-electron chi connectivity index (χ2n) is 6.34. The van der Waals surface area contributed by atoms with Crippen molar-refractivity contribution in [2.45, 2.75) is 13.3 Å². The van der Waals surface area contributed by atoms with Crippen LogP contribution in [0.4, 0.5) is 0 Å². The van der Waals surface area contributed by atoms with Gasteiger partial charge in [0, 0.05) is 17.6 Å². The Balaban J connectivity index is 1.83. The highest BCUT2D eigenvalue weighted by molar-refractivity contribution is 6.16. The molecule has 0 radical (unpaired) electrons. The summed E-state index contributed by atoms with van der Waals surface area (Å²) in [6.07, 6.45) is 0.665. The van der Waals surface area contributed by atoms with Gasteiger partial charge in [-0.3, -0.25) is 4.79 Å². The molecule has 4 rings (SSSR count). The lowest BCUT2D eigenvalue weighted by Crippen LogP contribution is -2.06. The highest BCUT2D eigenvalue weighted by Gasteiger charge is 2.27. The number of allylic oxidation sites excluding steroid dienone is 1. The maximum atomic E-state index is 13.3. The van der Waals surface area contributed by atoms with Gasteiger partial charge in [0.1, 0.15) is 5.75 Å². The fourth-order valence-electron chi connectivity index (χ4n) is 3.56. The third kappa shape index (κ3) is 2.95. The van der Waals surface area contributed by atoms with E-state index in [9.17, 15) is 4.79 Å². The summed E-state index contributed by atoms with van der Waals surface area (Å²) in [6.45, 7) is 2.53. The summed E-state index contributed by atoms with van der Waals surface area (Å²) < 4.78 is 5.56. The monoisotopic (exact) mass is 340 g/mol. The summed E-state index contributed by atoms with van der Waals surface area (Å²) in [5, 5.41) is 0. The van der Waals surface area contributed by atoms with Gasteiger partial charge in [-0.15, -0.1) is 0 Å². The zero-order chi connectivity index (χ0) is 17.9. The van der Waals surface area contributed by atoms with E-state index in [4.69, 9.17) is 4.74 Å². The van der Waals surface area contributed by atoms with Crippen LogP contribution in [0.2, 0.25) is 0 Å². The number of rotatable bonds is 5. The highest BCUT2D eigenvalue weighted by atomic mass is 16.5. The van der Waals surface area contributed by atoms with Crippen molar-refractivity contribution < 1.29 is 9.53 Å². The van der Waals surface area contributed by atoms with Crippen LogP contribution in [0.25, 0.3) is 5.57 Å². The van der Waals surface area contributed by atoms with Gasteiger partial charge < -0.3 is 4.74 Å². The number of benzene rings is 3. The summed E-state index contributed by atoms with van der Waals surface area (Å²) in [5.74, 6) is 0.803. The molecule has 0 saturated heterocycles. The summed E-state index contributed by atoms with van der Waals surface area (Å²) in [6, 6.07) is 25.9. The molecule has 0 unspecified atom stereocenters. The van der Waals surface area contributed by atoms with E-state index >= 15 is 0 Å². The van der Waals surface area contributed by atoms with E-state index in [0.29, 0.717) is 18.6 Å². The second kappa shape index (κ2) is 7.01. The van der Waals surface area contributed by atoms with E-state index < -0.39 is 0 Å². The second-order valence-corrected chi connectivity index (χ2v) is 6.34. The molecular formula is C24H20O2. The van der Waals surface area contributed by atoms with Crippen LogP contribution in [0.3, 0.4) is 0 Å². The number of hydrogen-bond acceptors (Lipinski definition) is 2. The first-order valence-corrected chi connectivity index (χ1v) is 8.92. The first-order chi connectivity index (χ1) is 12.8. The molecule has 0 fully saturated rings. The molecular weight excluding hydrogens is 320 g/mol. The molecule has 26 heavy (non-hydrogen) atoms. The van der Waals surface area contributed by atoms with E-state index in [-0.39, 0.29) is 5.78 Å². The maximum absolute atomic E-state index is 13.3. The van der Waals surface area contributed by atoms with Gasteiger partial charge in [0.15, 0.2) is 5.78 Å². The molecule has 0 aromatic heterocycles. The van der Waals surface area contributed by atoms with Crippen molar-refractivity contribution in [1.82, 2.24) is 0 Å². The molecule has 0 saturated carbocycles. The van der Waals surface area contributed by atoms with Crippen molar-refractivity contribution in [1.29, 1.82) is 0 Å². The lowest BCUT2D eigenvalue weighted by Gasteiger charge is -2.10. The zero-order valence-corrected chi connectivity index (χ0v) is 14.7. The molecule has 0 atom stereocenters. The molecule has 2 heteroatoms. The van der Waals surface area contributed by atoms with Gasteiger partial charge in [0.25, 0.3) is 0 Å². The molecule has 0 amide bonds. The predicted molar refractivity (Wildman–Crippen MR) is 105 cm³/mol. The van der Waals surface area contributed by atoms with Crippen molar-refractivity contribution in [3.63, 3.8) is 0 Å². The quantitative estimate of drug-likeness (QED) is 0.587. The van der Waals surface area contributed by atoms with Crippen LogP contribution in [0.5, 0.6) is 5.75 Å². The molecule has 0 bridgehead atoms. The Bertz CT molecular complexity index is 984. The van der Waals surface area contributed by atoms with Crippen LogP contribution in [0, 0.1) is 0 Å². The van der Waals surface area contributed by atoms with E-state index in [1.54, 1.807) is 0 Å². The Kier molecular flexibility index (Phi) is 4.40. The predicted octanol–water partition coefficient (Wildman–Crippen LogP) is 5.33. The van der Waals surface area contributed by atoms with Gasteiger partial charge in [-0.05, 0) is 41.3 Å². The first kappa shape index (κ1) is 16.3. The topological polar surface area (TPSA) is 26.3 Å². The molecule has 1 aliphatic carbocycles. The average molecular weight is 340 g/mol. The molecule has 3 aromatic carbocycles. The van der Waals surface area contributed by atoms with Crippen LogP contribution in [-0.2, 0) is 6.42 Å². The fraction of sp³-hybridized carbons (Fsp3) is 0.125. The van der Waals surface area contributed by atoms with Crippen molar-refractivity contribution >= 4 is 11.4 Å². The van der Waals surface area contributed by atoms with Gasteiger partial charge >= 0.3 is 0 Å². The lowest BCUT2D eigenvalue weighted by atomic mass is 9.94. The number of carbonyl (C=O) groups excluding carboxylic acids is 1. The third-order valence-electron chi connectivity index (χ3n) is 4.70. The Labute approximate surface area is 153 Å². The van der Waals surface area contributed by atoms with Crippen LogP contribution in [-0.4, -0.2) is 12.4 Å². The Morgan fingerprint density at radius 1 is 0.923 bits per heavy atom. The molecule has 1 aliphatic rings. The van der Waals surface area contributed by atoms with Crippen LogP contribution in [0.1, 0.15) is 34.0 Å². The molecule has 0 spiro atoms. The van der Waals surface area contributed by atoms with Gasteiger partial charge in [-0.25, -0.2) is 0 Å². The number of ketones is 1. The molecule has 0 N–H and O–H groups in total. The van der Waals surface area contributed by atoms with E-state index in [1.165, 1.54) is 5.56 Å². The number of carbonyl (C=O) groups is 1. The maximum Gasteiger partial charge on any atom is 0.190 e. The van der Waals surface area contributed by atoms with Crippen LogP contribution < -0.4 is 4.74 Å². The SMILES string of the molecule is CCOc1cccc(C(=O)C2=C(c3ccccc3)c3ccccc3C2)c1. The van der Waals surface area contributed by atoms with Crippen LogP contribution in [0.15, 0.2) is 84.4 Å². The molecule has 2 nitrogen and oxygen atoms in total. The Hall–Kier alpha value is -3.13. The number of Topliss-reactive ketones (excluding diaryl/α,β-unsaturated/α-hetero) is 1. The lowest BCUT2D eigenvalue weighted by molar-refractivity contribution is 0.103. The molecule has 0 aliphatic heterocycles. The minimum absolute atomic E-state index is 0.0709. The van der Waals surface area contributed by atoms with Gasteiger partial charge in [0.2, 0.25) is 0 Å². The summed E-state index contributed by atoms with van der Waals surface area (Å²) in [5.41, 5.74) is 6.02. The van der Waals surface area contributed by atoms with Gasteiger partial charge in [-0.1, -0.05) is 66.7 Å². The zero-order valence-electron chi connectivity index (χ0n) is 14.7. The smallest absolute Gasteiger partial charge is 0.190 e. The van der Waals surface area contributed by atoms with E-state index in [2.05, 4.69) is 24.3 Å². The third-order valence-corrected chi connectivity index (χ3v) is 4.70. The fourth-order valence-corrected chi connectivity index (χ4v) is 3.56. The van der Waals surface area contributed by atoms with Crippen molar-refractivity contribution in [2.75, 3.05) is 6.61 Å². The Morgan fingerprint density at radius 2 is 1.69 bits per heavy atom. The van der Waals surface area contributed by atoms with Gasteiger partial charge in [-0.2, -0.15) is 0 Å². The highest BCUT2D eigenvalue weighted by Crippen LogP contribution is 2.38. The summed E-state index contributed by atoms with van der Waals surface area (Å²) in [4.78, 5) is 13.3. The largest absolute Gasteiger partial charge is 0.494 e. The van der Waals surface area contributed by atoms with Crippen molar-refractivity contribution in [2.24, 2.45) is 0 Å². The van der Waals surface area contributed by atoms with Gasteiger partial charge in [0.05, 0.1) is 6.61 Å². The van der Waals surface area contributed by atoms with E-state index in [1.807, 2.05) is 61.5 Å². The summed E-state index contributed by atoms with van der Waals surface area (Å²) in [7, 11) is 0.